The molecule has 2 rings (SSSR count). The van der Waals surface area contributed by atoms with Gasteiger partial charge in [0.2, 0.25) is 5.91 Å². The summed E-state index contributed by atoms with van der Waals surface area (Å²) in [5.74, 6) is -0.599. The molecular formula is C11H10F3NOS. The number of nitrogens with zero attached hydrogens (tertiary/aromatic N) is 1. The fraction of sp³-hybridized carbons (Fsp3) is 0.364. The van der Waals surface area contributed by atoms with Gasteiger partial charge in [-0.3, -0.25) is 9.69 Å². The third-order valence-electron chi connectivity index (χ3n) is 2.76. The van der Waals surface area contributed by atoms with Crippen LogP contribution in [0.25, 0.3) is 0 Å². The van der Waals surface area contributed by atoms with E-state index < -0.39 is 18.1 Å². The van der Waals surface area contributed by atoms with Gasteiger partial charge in [-0.25, -0.2) is 0 Å². The topological polar surface area (TPSA) is 20.3 Å². The summed E-state index contributed by atoms with van der Waals surface area (Å²) in [7, 11) is 0. The molecule has 1 atom stereocenters. The maximum absolute atomic E-state index is 12.8. The molecule has 0 bridgehead atoms. The van der Waals surface area contributed by atoms with E-state index in [0.717, 1.165) is 11.8 Å². The van der Waals surface area contributed by atoms with Gasteiger partial charge in [0.1, 0.15) is 6.04 Å². The number of alkyl halides is 3. The highest BCUT2D eigenvalue weighted by atomic mass is 32.1. The van der Waals surface area contributed by atoms with E-state index in [1.54, 1.807) is 12.1 Å². The molecular weight excluding hydrogens is 251 g/mol. The van der Waals surface area contributed by atoms with Crippen molar-refractivity contribution in [1.29, 1.82) is 0 Å². The first-order valence-corrected chi connectivity index (χ1v) is 5.44. The van der Waals surface area contributed by atoms with Crippen molar-refractivity contribution >= 4 is 24.2 Å². The number of amides is 1. The quantitative estimate of drug-likeness (QED) is 0.712. The smallest absolute Gasteiger partial charge is 0.300 e. The summed E-state index contributed by atoms with van der Waals surface area (Å²) in [5, 5.41) is 0. The van der Waals surface area contributed by atoms with Crippen LogP contribution in [-0.2, 0) is 11.2 Å². The van der Waals surface area contributed by atoms with Gasteiger partial charge >= 0.3 is 6.18 Å². The zero-order valence-corrected chi connectivity index (χ0v) is 9.85. The molecule has 0 fully saturated rings. The molecule has 1 amide bonds. The molecule has 0 radical (unpaired) electrons. The van der Waals surface area contributed by atoms with Crippen LogP contribution in [0, 0.1) is 0 Å². The Hall–Kier alpha value is -1.17. The van der Waals surface area contributed by atoms with Crippen LogP contribution in [-0.4, -0.2) is 18.1 Å². The van der Waals surface area contributed by atoms with Crippen molar-refractivity contribution in [1.82, 2.24) is 0 Å². The number of anilines is 1. The molecule has 92 valence electrons. The van der Waals surface area contributed by atoms with Crippen molar-refractivity contribution in [2.24, 2.45) is 0 Å². The van der Waals surface area contributed by atoms with Crippen molar-refractivity contribution < 1.29 is 18.0 Å². The van der Waals surface area contributed by atoms with Crippen LogP contribution in [0.2, 0.25) is 0 Å². The number of fused-ring (bicyclic) bond motifs is 1. The van der Waals surface area contributed by atoms with Crippen LogP contribution in [0.15, 0.2) is 23.1 Å². The molecule has 1 aliphatic rings. The summed E-state index contributed by atoms with van der Waals surface area (Å²) >= 11 is 4.08. The van der Waals surface area contributed by atoms with Gasteiger partial charge in [-0.1, -0.05) is 0 Å². The Kier molecular flexibility index (Phi) is 2.85. The normalized spacial score (nSPS) is 19.4. The first-order chi connectivity index (χ1) is 7.80. The summed E-state index contributed by atoms with van der Waals surface area (Å²) < 4.78 is 38.5. The second-order valence-corrected chi connectivity index (χ2v) is 4.48. The van der Waals surface area contributed by atoms with Crippen LogP contribution in [0.1, 0.15) is 12.5 Å². The van der Waals surface area contributed by atoms with Gasteiger partial charge in [-0.05, 0) is 23.8 Å². The van der Waals surface area contributed by atoms with Gasteiger partial charge in [0, 0.05) is 23.9 Å². The average molecular weight is 261 g/mol. The standard InChI is InChI=1S/C11H10F3NOS/c1-6(16)15-9-3-2-8(17)4-7(9)5-10(15)11(12,13)14/h2-4,10,17H,5H2,1H3. The molecule has 1 aromatic carbocycles. The van der Waals surface area contributed by atoms with Crippen LogP contribution >= 0.6 is 12.6 Å². The van der Waals surface area contributed by atoms with Crippen LogP contribution in [0.5, 0.6) is 0 Å². The minimum absolute atomic E-state index is 0.202. The van der Waals surface area contributed by atoms with Gasteiger partial charge in [0.25, 0.3) is 0 Å². The van der Waals surface area contributed by atoms with E-state index in [-0.39, 0.29) is 6.42 Å². The predicted octanol–water partition coefficient (Wildman–Crippen LogP) is 2.82. The molecule has 0 N–H and O–H groups in total. The highest BCUT2D eigenvalue weighted by molar-refractivity contribution is 7.80. The molecule has 6 heteroatoms. The highest BCUT2D eigenvalue weighted by Crippen LogP contribution is 2.40. The minimum atomic E-state index is -4.42. The number of thiol groups is 1. The lowest BCUT2D eigenvalue weighted by Gasteiger charge is -2.26. The Morgan fingerprint density at radius 3 is 2.65 bits per heavy atom. The van der Waals surface area contributed by atoms with E-state index in [1.807, 2.05) is 0 Å². The molecule has 0 spiro atoms. The third kappa shape index (κ3) is 2.13. The zero-order valence-electron chi connectivity index (χ0n) is 8.95. The Balaban J connectivity index is 2.48. The van der Waals surface area contributed by atoms with Crippen molar-refractivity contribution in [3.63, 3.8) is 0 Å². The molecule has 0 saturated carbocycles. The number of carbonyl (C=O) groups is 1. The van der Waals surface area contributed by atoms with Crippen molar-refractivity contribution in [2.45, 2.75) is 30.5 Å². The molecule has 0 saturated heterocycles. The first kappa shape index (κ1) is 12.3. The SMILES string of the molecule is CC(=O)N1c2ccc(S)cc2CC1C(F)(F)F. The number of hydrogen-bond acceptors (Lipinski definition) is 2. The fourth-order valence-electron chi connectivity index (χ4n) is 2.09. The molecule has 1 unspecified atom stereocenters. The van der Waals surface area contributed by atoms with Gasteiger partial charge in [-0.2, -0.15) is 13.2 Å². The molecule has 0 aromatic heterocycles. The summed E-state index contributed by atoms with van der Waals surface area (Å²) in [5.41, 5.74) is 0.840. The van der Waals surface area contributed by atoms with Crippen LogP contribution in [0.3, 0.4) is 0 Å². The summed E-state index contributed by atoms with van der Waals surface area (Å²) in [6, 6.07) is 2.90. The maximum Gasteiger partial charge on any atom is 0.409 e. The van der Waals surface area contributed by atoms with Crippen molar-refractivity contribution in [3.8, 4) is 0 Å². The van der Waals surface area contributed by atoms with E-state index in [1.165, 1.54) is 6.07 Å². The van der Waals surface area contributed by atoms with Gasteiger partial charge in [-0.15, -0.1) is 12.6 Å². The van der Waals surface area contributed by atoms with Crippen LogP contribution in [0.4, 0.5) is 18.9 Å². The van der Waals surface area contributed by atoms with E-state index >= 15 is 0 Å². The maximum atomic E-state index is 12.8. The molecule has 0 aliphatic carbocycles. The Morgan fingerprint density at radius 2 is 2.12 bits per heavy atom. The Labute approximate surface area is 102 Å². The predicted molar refractivity (Wildman–Crippen MR) is 60.4 cm³/mol. The summed E-state index contributed by atoms with van der Waals surface area (Å²) in [4.78, 5) is 12.8. The molecule has 1 aliphatic heterocycles. The minimum Gasteiger partial charge on any atom is -0.300 e. The van der Waals surface area contributed by atoms with Gasteiger partial charge in [0.05, 0.1) is 0 Å². The average Bonchev–Trinajstić information content (AvgIpc) is 2.55. The Morgan fingerprint density at radius 1 is 1.47 bits per heavy atom. The van der Waals surface area contributed by atoms with E-state index in [4.69, 9.17) is 0 Å². The molecule has 1 heterocycles. The summed E-state index contributed by atoms with van der Waals surface area (Å²) in [6.07, 6.45) is -4.62. The van der Waals surface area contributed by atoms with E-state index in [9.17, 15) is 18.0 Å². The number of hydrogen-bond donors (Lipinski definition) is 1. The molecule has 17 heavy (non-hydrogen) atoms. The van der Waals surface area contributed by atoms with E-state index in [0.29, 0.717) is 16.1 Å². The number of rotatable bonds is 0. The first-order valence-electron chi connectivity index (χ1n) is 4.99. The monoisotopic (exact) mass is 261 g/mol. The second kappa shape index (κ2) is 3.94. The molecule has 1 aromatic rings. The Bertz CT molecular complexity index is 472. The lowest BCUT2D eigenvalue weighted by Crippen LogP contribution is -2.46. The largest absolute Gasteiger partial charge is 0.409 e. The van der Waals surface area contributed by atoms with E-state index in [2.05, 4.69) is 12.6 Å². The lowest BCUT2D eigenvalue weighted by molar-refractivity contribution is -0.151. The summed E-state index contributed by atoms with van der Waals surface area (Å²) in [6.45, 7) is 1.14. The van der Waals surface area contributed by atoms with Gasteiger partial charge < -0.3 is 0 Å². The second-order valence-electron chi connectivity index (χ2n) is 3.96. The highest BCUT2D eigenvalue weighted by Gasteiger charge is 2.49. The van der Waals surface area contributed by atoms with Crippen LogP contribution < -0.4 is 4.90 Å². The number of halogens is 3. The molecule has 2 nitrogen and oxygen atoms in total. The fourth-order valence-corrected chi connectivity index (χ4v) is 2.32. The van der Waals surface area contributed by atoms with Gasteiger partial charge in [0.15, 0.2) is 0 Å². The zero-order chi connectivity index (χ0) is 12.8. The van der Waals surface area contributed by atoms with Crippen molar-refractivity contribution in [2.75, 3.05) is 4.90 Å². The third-order valence-corrected chi connectivity index (χ3v) is 3.04. The number of benzene rings is 1. The van der Waals surface area contributed by atoms with Crippen molar-refractivity contribution in [3.05, 3.63) is 23.8 Å². The lowest BCUT2D eigenvalue weighted by atomic mass is 10.1. The number of carbonyl (C=O) groups excluding carboxylic acids is 1.